The van der Waals surface area contributed by atoms with E-state index in [1.165, 1.54) is 0 Å². The van der Waals surface area contributed by atoms with Gasteiger partial charge in [0.1, 0.15) is 0 Å². The van der Waals surface area contributed by atoms with E-state index in [0.29, 0.717) is 13.0 Å². The molecule has 1 fully saturated rings. The molecule has 2 heterocycles. The van der Waals surface area contributed by atoms with E-state index in [4.69, 9.17) is 0 Å². The third-order valence-electron chi connectivity index (χ3n) is 4.27. The summed E-state index contributed by atoms with van der Waals surface area (Å²) in [6.07, 6.45) is 5.29. The van der Waals surface area contributed by atoms with Crippen molar-refractivity contribution >= 4 is 5.97 Å². The molecule has 5 heteroatoms. The van der Waals surface area contributed by atoms with Crippen molar-refractivity contribution in [2.24, 2.45) is 12.5 Å². The highest BCUT2D eigenvalue weighted by molar-refractivity contribution is 5.75. The fourth-order valence-electron chi connectivity index (χ4n) is 2.72. The largest absolute Gasteiger partial charge is 0.481 e. The van der Waals surface area contributed by atoms with Crippen molar-refractivity contribution in [3.63, 3.8) is 0 Å². The number of hydrogen-bond acceptors (Lipinski definition) is 3. The standard InChI is InChI=1S/C13H21N3O2/c1-4-13(12(17)18)5-6-16(9-13)10(2)11-7-14-15(3)8-11/h7-8,10H,4-6,9H2,1-3H3,(H,17,18). The minimum atomic E-state index is -0.661. The van der Waals surface area contributed by atoms with Crippen LogP contribution in [0.1, 0.15) is 38.3 Å². The Morgan fingerprint density at radius 2 is 2.39 bits per heavy atom. The zero-order chi connectivity index (χ0) is 13.3. The highest BCUT2D eigenvalue weighted by Crippen LogP contribution is 2.38. The molecule has 0 spiro atoms. The zero-order valence-electron chi connectivity index (χ0n) is 11.3. The molecule has 1 aliphatic rings. The van der Waals surface area contributed by atoms with Gasteiger partial charge in [-0.05, 0) is 26.3 Å². The molecule has 1 aromatic rings. The van der Waals surface area contributed by atoms with Crippen LogP contribution in [0, 0.1) is 5.41 Å². The second kappa shape index (κ2) is 4.72. The van der Waals surface area contributed by atoms with Crippen molar-refractivity contribution in [2.75, 3.05) is 13.1 Å². The van der Waals surface area contributed by atoms with Crippen molar-refractivity contribution in [3.8, 4) is 0 Å². The van der Waals surface area contributed by atoms with Gasteiger partial charge in [-0.3, -0.25) is 14.4 Å². The first-order valence-corrected chi connectivity index (χ1v) is 6.44. The van der Waals surface area contributed by atoms with E-state index in [-0.39, 0.29) is 6.04 Å². The fourth-order valence-corrected chi connectivity index (χ4v) is 2.72. The van der Waals surface area contributed by atoms with Gasteiger partial charge in [-0.1, -0.05) is 6.92 Å². The van der Waals surface area contributed by atoms with Gasteiger partial charge in [-0.15, -0.1) is 0 Å². The van der Waals surface area contributed by atoms with Crippen molar-refractivity contribution < 1.29 is 9.90 Å². The van der Waals surface area contributed by atoms with Crippen LogP contribution in [0.2, 0.25) is 0 Å². The average Bonchev–Trinajstić information content (AvgIpc) is 2.95. The number of likely N-dealkylation sites (tertiary alicyclic amines) is 1. The Hall–Kier alpha value is -1.36. The number of hydrogen-bond donors (Lipinski definition) is 1. The third-order valence-corrected chi connectivity index (χ3v) is 4.27. The van der Waals surface area contributed by atoms with Gasteiger partial charge in [0.25, 0.3) is 0 Å². The molecule has 1 aliphatic heterocycles. The highest BCUT2D eigenvalue weighted by atomic mass is 16.4. The molecule has 18 heavy (non-hydrogen) atoms. The zero-order valence-corrected chi connectivity index (χ0v) is 11.3. The van der Waals surface area contributed by atoms with Gasteiger partial charge in [0.05, 0.1) is 11.6 Å². The Morgan fingerprint density at radius 1 is 1.67 bits per heavy atom. The smallest absolute Gasteiger partial charge is 0.310 e. The van der Waals surface area contributed by atoms with Crippen LogP contribution in [0.3, 0.4) is 0 Å². The molecule has 1 aromatic heterocycles. The maximum atomic E-state index is 11.4. The molecule has 2 atom stereocenters. The molecule has 1 N–H and O–H groups in total. The van der Waals surface area contributed by atoms with Crippen LogP contribution < -0.4 is 0 Å². The van der Waals surface area contributed by atoms with Crippen LogP contribution in [0.4, 0.5) is 0 Å². The third kappa shape index (κ3) is 2.14. The maximum absolute atomic E-state index is 11.4. The lowest BCUT2D eigenvalue weighted by Gasteiger charge is -2.26. The summed E-state index contributed by atoms with van der Waals surface area (Å²) in [5.41, 5.74) is 0.589. The number of rotatable bonds is 4. The van der Waals surface area contributed by atoms with E-state index >= 15 is 0 Å². The first-order valence-electron chi connectivity index (χ1n) is 6.44. The fraction of sp³-hybridized carbons (Fsp3) is 0.692. The van der Waals surface area contributed by atoms with E-state index in [1.54, 1.807) is 4.68 Å². The molecule has 0 aliphatic carbocycles. The number of carbonyl (C=O) groups is 1. The van der Waals surface area contributed by atoms with Gasteiger partial charge >= 0.3 is 5.97 Å². The SMILES string of the molecule is CCC1(C(=O)O)CCN(C(C)c2cnn(C)c2)C1. The Balaban J connectivity index is 2.11. The van der Waals surface area contributed by atoms with E-state index in [0.717, 1.165) is 18.5 Å². The summed E-state index contributed by atoms with van der Waals surface area (Å²) in [6.45, 7) is 5.56. The number of carboxylic acids is 1. The topological polar surface area (TPSA) is 58.4 Å². The lowest BCUT2D eigenvalue weighted by molar-refractivity contribution is -0.148. The number of nitrogens with zero attached hydrogens (tertiary/aromatic N) is 3. The Bertz CT molecular complexity index is 443. The molecule has 2 rings (SSSR count). The molecule has 1 saturated heterocycles. The van der Waals surface area contributed by atoms with Crippen molar-refractivity contribution in [2.45, 2.75) is 32.7 Å². The molecule has 2 unspecified atom stereocenters. The van der Waals surface area contributed by atoms with Gasteiger partial charge in [0.2, 0.25) is 0 Å². The van der Waals surface area contributed by atoms with Gasteiger partial charge in [0.15, 0.2) is 0 Å². The first-order chi connectivity index (χ1) is 8.48. The highest BCUT2D eigenvalue weighted by Gasteiger charge is 2.44. The minimum absolute atomic E-state index is 0.228. The molecular weight excluding hydrogens is 230 g/mol. The van der Waals surface area contributed by atoms with E-state index < -0.39 is 11.4 Å². The molecular formula is C13H21N3O2. The Kier molecular flexibility index (Phi) is 3.43. The van der Waals surface area contributed by atoms with Crippen LogP contribution in [-0.2, 0) is 11.8 Å². The Labute approximate surface area is 107 Å². The normalized spacial score (nSPS) is 26.4. The molecule has 0 amide bonds. The van der Waals surface area contributed by atoms with Crippen LogP contribution in [0.15, 0.2) is 12.4 Å². The second-order valence-corrected chi connectivity index (χ2v) is 5.28. The molecule has 0 bridgehead atoms. The molecule has 5 nitrogen and oxygen atoms in total. The first kappa shape index (κ1) is 13.1. The van der Waals surface area contributed by atoms with E-state index in [1.807, 2.05) is 26.4 Å². The predicted molar refractivity (Wildman–Crippen MR) is 68.2 cm³/mol. The molecule has 100 valence electrons. The predicted octanol–water partition coefficient (Wildman–Crippen LogP) is 1.67. The summed E-state index contributed by atoms with van der Waals surface area (Å²) in [6, 6.07) is 0.228. The second-order valence-electron chi connectivity index (χ2n) is 5.28. The van der Waals surface area contributed by atoms with Crippen LogP contribution in [-0.4, -0.2) is 38.8 Å². The van der Waals surface area contributed by atoms with Crippen molar-refractivity contribution in [3.05, 3.63) is 18.0 Å². The summed E-state index contributed by atoms with van der Waals surface area (Å²) in [7, 11) is 1.90. The number of aryl methyl sites for hydroxylation is 1. The number of carboxylic acid groups (broad SMARTS) is 1. The van der Waals surface area contributed by atoms with Crippen LogP contribution in [0.25, 0.3) is 0 Å². The molecule has 0 radical (unpaired) electrons. The van der Waals surface area contributed by atoms with E-state index in [2.05, 4.69) is 16.9 Å². The monoisotopic (exact) mass is 251 g/mol. The maximum Gasteiger partial charge on any atom is 0.310 e. The van der Waals surface area contributed by atoms with Gasteiger partial charge in [0, 0.05) is 31.4 Å². The summed E-state index contributed by atoms with van der Waals surface area (Å²) < 4.78 is 1.78. The van der Waals surface area contributed by atoms with Crippen molar-refractivity contribution in [1.82, 2.24) is 14.7 Å². The summed E-state index contributed by atoms with van der Waals surface area (Å²) in [4.78, 5) is 13.7. The minimum Gasteiger partial charge on any atom is -0.481 e. The Morgan fingerprint density at radius 3 is 2.83 bits per heavy atom. The lowest BCUT2D eigenvalue weighted by Crippen LogP contribution is -2.34. The number of aromatic nitrogens is 2. The summed E-state index contributed by atoms with van der Waals surface area (Å²) >= 11 is 0. The van der Waals surface area contributed by atoms with Gasteiger partial charge in [-0.25, -0.2) is 0 Å². The lowest BCUT2D eigenvalue weighted by atomic mass is 9.84. The molecule has 0 saturated carbocycles. The summed E-state index contributed by atoms with van der Waals surface area (Å²) in [5.74, 6) is -0.661. The van der Waals surface area contributed by atoms with Crippen molar-refractivity contribution in [1.29, 1.82) is 0 Å². The van der Waals surface area contributed by atoms with E-state index in [9.17, 15) is 9.90 Å². The van der Waals surface area contributed by atoms with Gasteiger partial charge in [-0.2, -0.15) is 5.10 Å². The number of aliphatic carboxylic acids is 1. The molecule has 0 aromatic carbocycles. The van der Waals surface area contributed by atoms with Crippen LogP contribution in [0.5, 0.6) is 0 Å². The van der Waals surface area contributed by atoms with Gasteiger partial charge < -0.3 is 5.11 Å². The summed E-state index contributed by atoms with van der Waals surface area (Å²) in [5, 5.41) is 13.6. The quantitative estimate of drug-likeness (QED) is 0.884. The average molecular weight is 251 g/mol. The van der Waals surface area contributed by atoms with Crippen LogP contribution >= 0.6 is 0 Å².